The van der Waals surface area contributed by atoms with Gasteiger partial charge in [0, 0.05) is 25.2 Å². The molecule has 0 aromatic rings. The molecule has 3 aliphatic carbocycles. The molecule has 4 aliphatic heterocycles. The highest BCUT2D eigenvalue weighted by Crippen LogP contribution is 2.52. The third-order valence-electron chi connectivity index (χ3n) is 10.5. The van der Waals surface area contributed by atoms with Gasteiger partial charge in [0.2, 0.25) is 0 Å². The number of ketones is 1. The first-order chi connectivity index (χ1) is 18.0. The predicted molar refractivity (Wildman–Crippen MR) is 131 cm³/mol. The van der Waals surface area contributed by atoms with Gasteiger partial charge in [0.05, 0.1) is 36.0 Å². The summed E-state index contributed by atoms with van der Waals surface area (Å²) in [6.45, 7) is 3.29. The molecule has 6 fully saturated rings. The lowest BCUT2D eigenvalue weighted by atomic mass is 9.67. The summed E-state index contributed by atoms with van der Waals surface area (Å²) in [6, 6.07) is -0.675. The standard InChI is InChI=1S/C28H39F2N3O4/c29-19-11-17-25-27(24(19)30)37-23-12-16-15-5-1-2-6-21(15)36-22(16)13-20(23)33(25)14-18(26(17)34)28(35)31-7-10-32-8-3-4-9-32/h14-17,19-25,27H,1-13H2,(H,31,35). The van der Waals surface area contributed by atoms with Crippen LogP contribution in [-0.2, 0) is 19.1 Å². The van der Waals surface area contributed by atoms with Gasteiger partial charge in [0.15, 0.2) is 12.0 Å². The molecule has 0 aromatic heterocycles. The molecule has 37 heavy (non-hydrogen) atoms. The zero-order valence-electron chi connectivity index (χ0n) is 21.4. The summed E-state index contributed by atoms with van der Waals surface area (Å²) in [6.07, 6.45) is 5.63. The molecule has 7 aliphatic rings. The second kappa shape index (κ2) is 9.56. The second-order valence-corrected chi connectivity index (χ2v) is 12.5. The molecule has 7 nitrogen and oxygen atoms in total. The van der Waals surface area contributed by atoms with Crippen LogP contribution in [0.15, 0.2) is 11.8 Å². The fourth-order valence-electron chi connectivity index (χ4n) is 8.76. The Bertz CT molecular complexity index is 958. The van der Waals surface area contributed by atoms with Crippen molar-refractivity contribution in [2.24, 2.45) is 17.8 Å². The van der Waals surface area contributed by atoms with Crippen LogP contribution in [0.5, 0.6) is 0 Å². The number of fused-ring (bicyclic) bond motifs is 5. The second-order valence-electron chi connectivity index (χ2n) is 12.5. The van der Waals surface area contributed by atoms with E-state index in [-0.39, 0.29) is 36.0 Å². The maximum absolute atomic E-state index is 15.2. The number of carbonyl (C=O) groups excluding carboxylic acids is 2. The fraction of sp³-hybridized carbons (Fsp3) is 0.857. The zero-order valence-corrected chi connectivity index (χ0v) is 21.4. The Morgan fingerprint density at radius 1 is 0.973 bits per heavy atom. The van der Waals surface area contributed by atoms with Crippen LogP contribution < -0.4 is 5.32 Å². The van der Waals surface area contributed by atoms with Crippen molar-refractivity contribution in [3.05, 3.63) is 11.8 Å². The maximum Gasteiger partial charge on any atom is 0.256 e. The Balaban J connectivity index is 1.15. The molecule has 7 rings (SSSR count). The Morgan fingerprint density at radius 2 is 1.78 bits per heavy atom. The number of halogens is 2. The fourth-order valence-corrected chi connectivity index (χ4v) is 8.76. The van der Waals surface area contributed by atoms with Crippen LogP contribution in [0.3, 0.4) is 0 Å². The van der Waals surface area contributed by atoms with Crippen molar-refractivity contribution < 1.29 is 27.8 Å². The Kier molecular flexibility index (Phi) is 6.32. The van der Waals surface area contributed by atoms with Crippen molar-refractivity contribution in [1.29, 1.82) is 0 Å². The van der Waals surface area contributed by atoms with Gasteiger partial charge < -0.3 is 24.6 Å². The van der Waals surface area contributed by atoms with E-state index in [4.69, 9.17) is 9.47 Å². The van der Waals surface area contributed by atoms with Crippen molar-refractivity contribution in [3.8, 4) is 0 Å². The van der Waals surface area contributed by atoms with Gasteiger partial charge in [-0.05, 0) is 69.9 Å². The largest absolute Gasteiger partial charge is 0.374 e. The molecule has 0 bridgehead atoms. The first-order valence-corrected chi connectivity index (χ1v) is 14.6. The number of ether oxygens (including phenoxy) is 2. The number of hydrogen-bond acceptors (Lipinski definition) is 6. The van der Waals surface area contributed by atoms with Gasteiger partial charge in [-0.3, -0.25) is 9.59 Å². The molecule has 1 amide bonds. The van der Waals surface area contributed by atoms with Gasteiger partial charge in [-0.1, -0.05) is 12.8 Å². The number of alkyl halides is 2. The van der Waals surface area contributed by atoms with E-state index in [1.165, 1.54) is 25.7 Å². The van der Waals surface area contributed by atoms with Gasteiger partial charge in [0.25, 0.3) is 5.91 Å². The van der Waals surface area contributed by atoms with Crippen molar-refractivity contribution in [2.45, 2.75) is 107 Å². The molecular formula is C28H39F2N3O4. The van der Waals surface area contributed by atoms with Gasteiger partial charge in [-0.25, -0.2) is 8.78 Å². The summed E-state index contributed by atoms with van der Waals surface area (Å²) in [5.74, 6) is -0.659. The summed E-state index contributed by atoms with van der Waals surface area (Å²) in [5, 5.41) is 2.92. The normalized spacial score (nSPS) is 47.0. The van der Waals surface area contributed by atoms with Gasteiger partial charge in [0.1, 0.15) is 12.3 Å². The van der Waals surface area contributed by atoms with E-state index in [9.17, 15) is 14.0 Å². The number of nitrogens with one attached hydrogen (secondary N) is 1. The third kappa shape index (κ3) is 4.06. The minimum absolute atomic E-state index is 0.0784. The van der Waals surface area contributed by atoms with Crippen LogP contribution in [0.4, 0.5) is 8.78 Å². The van der Waals surface area contributed by atoms with Crippen molar-refractivity contribution in [3.63, 3.8) is 0 Å². The lowest BCUT2D eigenvalue weighted by Crippen LogP contribution is -2.71. The Morgan fingerprint density at radius 3 is 2.62 bits per heavy atom. The van der Waals surface area contributed by atoms with Gasteiger partial charge >= 0.3 is 0 Å². The summed E-state index contributed by atoms with van der Waals surface area (Å²) < 4.78 is 43.1. The summed E-state index contributed by atoms with van der Waals surface area (Å²) in [7, 11) is 0. The number of rotatable bonds is 4. The van der Waals surface area contributed by atoms with Crippen LogP contribution in [0.25, 0.3) is 0 Å². The zero-order chi connectivity index (χ0) is 25.3. The van der Waals surface area contributed by atoms with Crippen LogP contribution in [0, 0.1) is 17.8 Å². The molecule has 1 N–H and O–H groups in total. The number of nitrogens with zero attached hydrogens (tertiary/aromatic N) is 2. The number of likely N-dealkylation sites (tertiary alicyclic amines) is 1. The van der Waals surface area contributed by atoms with E-state index in [0.717, 1.165) is 45.3 Å². The minimum atomic E-state index is -1.76. The summed E-state index contributed by atoms with van der Waals surface area (Å²) in [5.41, 5.74) is 0.0784. The topological polar surface area (TPSA) is 71.1 Å². The maximum atomic E-state index is 15.2. The summed E-state index contributed by atoms with van der Waals surface area (Å²) in [4.78, 5) is 31.0. The van der Waals surface area contributed by atoms with Crippen LogP contribution in [0.2, 0.25) is 0 Å². The smallest absolute Gasteiger partial charge is 0.256 e. The van der Waals surface area contributed by atoms with E-state index in [1.807, 2.05) is 4.90 Å². The highest BCUT2D eigenvalue weighted by atomic mass is 19.2. The first kappa shape index (κ1) is 24.5. The van der Waals surface area contributed by atoms with Crippen molar-refractivity contribution >= 4 is 11.7 Å². The predicted octanol–water partition coefficient (Wildman–Crippen LogP) is 2.54. The van der Waals surface area contributed by atoms with Crippen LogP contribution >= 0.6 is 0 Å². The molecule has 9 heteroatoms. The monoisotopic (exact) mass is 519 g/mol. The Hall–Kier alpha value is -1.58. The van der Waals surface area contributed by atoms with E-state index >= 15 is 4.39 Å². The molecule has 11 atom stereocenters. The molecule has 11 unspecified atom stereocenters. The van der Waals surface area contributed by atoms with E-state index < -0.39 is 36.3 Å². The molecular weight excluding hydrogens is 480 g/mol. The molecule has 3 saturated heterocycles. The van der Waals surface area contributed by atoms with Crippen LogP contribution in [0.1, 0.15) is 57.8 Å². The number of Topliss-reactive ketones (excluding diaryl/α,β-unsaturated/α-hetero) is 1. The van der Waals surface area contributed by atoms with E-state index in [2.05, 4.69) is 10.2 Å². The molecule has 204 valence electrons. The number of carbonyl (C=O) groups is 2. The molecule has 3 saturated carbocycles. The van der Waals surface area contributed by atoms with Crippen molar-refractivity contribution in [1.82, 2.24) is 15.1 Å². The number of hydrogen-bond donors (Lipinski definition) is 1. The minimum Gasteiger partial charge on any atom is -0.374 e. The number of morpholine rings is 1. The molecule has 0 aromatic carbocycles. The van der Waals surface area contributed by atoms with E-state index in [1.54, 1.807) is 6.20 Å². The highest BCUT2D eigenvalue weighted by Gasteiger charge is 2.61. The van der Waals surface area contributed by atoms with Gasteiger partial charge in [-0.2, -0.15) is 0 Å². The SMILES string of the molecule is O=C(NCCN1CCCC1)C1=CN2C3CC4OC5CCCCC5C4CC3OC3C(F)C(F)CC(C1=O)C32. The summed E-state index contributed by atoms with van der Waals surface area (Å²) >= 11 is 0. The van der Waals surface area contributed by atoms with E-state index in [0.29, 0.717) is 24.5 Å². The van der Waals surface area contributed by atoms with Gasteiger partial charge in [-0.15, -0.1) is 0 Å². The Labute approximate surface area is 217 Å². The lowest BCUT2D eigenvalue weighted by molar-refractivity contribution is -0.220. The average molecular weight is 520 g/mol. The average Bonchev–Trinajstić information content (AvgIpc) is 3.54. The first-order valence-electron chi connectivity index (χ1n) is 14.6. The number of amides is 1. The quantitative estimate of drug-likeness (QED) is 0.576. The third-order valence-corrected chi connectivity index (χ3v) is 10.5. The highest BCUT2D eigenvalue weighted by molar-refractivity contribution is 6.20. The lowest BCUT2D eigenvalue weighted by Gasteiger charge is -2.59. The van der Waals surface area contributed by atoms with Crippen LogP contribution in [-0.4, -0.2) is 96.5 Å². The molecule has 4 heterocycles. The van der Waals surface area contributed by atoms with Crippen molar-refractivity contribution in [2.75, 3.05) is 26.2 Å². The molecule has 0 spiro atoms. The molecule has 0 radical (unpaired) electrons.